The van der Waals surface area contributed by atoms with Crippen molar-refractivity contribution in [1.82, 2.24) is 5.32 Å². The van der Waals surface area contributed by atoms with E-state index in [1.165, 1.54) is 23.2 Å². The number of nitrogens with one attached hydrogen (secondary N) is 1. The quantitative estimate of drug-likeness (QED) is 0.864. The Morgan fingerprint density at radius 3 is 2.89 bits per heavy atom. The molecular weight excluding hydrogens is 224 g/mol. The van der Waals surface area contributed by atoms with Gasteiger partial charge in [0.25, 0.3) is 0 Å². The van der Waals surface area contributed by atoms with Gasteiger partial charge in [-0.3, -0.25) is 0 Å². The van der Waals surface area contributed by atoms with Crippen molar-refractivity contribution >= 4 is 5.69 Å². The van der Waals surface area contributed by atoms with Crippen molar-refractivity contribution in [1.29, 1.82) is 0 Å². The summed E-state index contributed by atoms with van der Waals surface area (Å²) in [5, 5.41) is 3.46. The predicted molar refractivity (Wildman–Crippen MR) is 76.2 cm³/mol. The van der Waals surface area contributed by atoms with Crippen molar-refractivity contribution in [3.05, 3.63) is 29.3 Å². The summed E-state index contributed by atoms with van der Waals surface area (Å²) in [4.78, 5) is 2.32. The number of nitrogens with zero attached hydrogens (tertiary/aromatic N) is 1. The van der Waals surface area contributed by atoms with Gasteiger partial charge in [-0.2, -0.15) is 0 Å². The molecular formula is C15H24N2O. The number of methoxy groups -OCH3 is 1. The molecule has 0 unspecified atom stereocenters. The summed E-state index contributed by atoms with van der Waals surface area (Å²) in [6, 6.07) is 6.78. The third-order valence-electron chi connectivity index (χ3n) is 3.70. The second-order valence-corrected chi connectivity index (χ2v) is 5.70. The molecule has 2 rings (SSSR count). The van der Waals surface area contributed by atoms with Gasteiger partial charge in [-0.1, -0.05) is 12.1 Å². The Hall–Kier alpha value is -1.06. The van der Waals surface area contributed by atoms with Crippen molar-refractivity contribution in [3.63, 3.8) is 0 Å². The van der Waals surface area contributed by atoms with Crippen molar-refractivity contribution < 1.29 is 4.74 Å². The molecule has 0 amide bonds. The van der Waals surface area contributed by atoms with Crippen LogP contribution in [0.25, 0.3) is 0 Å². The Kier molecular flexibility index (Phi) is 3.93. The average Bonchev–Trinajstić information content (AvgIpc) is 2.71. The minimum Gasteiger partial charge on any atom is -0.377 e. The van der Waals surface area contributed by atoms with Crippen LogP contribution in [0.4, 0.5) is 5.69 Å². The number of benzene rings is 1. The fourth-order valence-electron chi connectivity index (χ4n) is 2.31. The van der Waals surface area contributed by atoms with E-state index in [2.05, 4.69) is 49.3 Å². The highest BCUT2D eigenvalue weighted by atomic mass is 16.5. The third-order valence-corrected chi connectivity index (χ3v) is 3.70. The molecule has 0 fully saturated rings. The maximum absolute atomic E-state index is 5.39. The Morgan fingerprint density at radius 2 is 2.17 bits per heavy atom. The topological polar surface area (TPSA) is 24.5 Å². The summed E-state index contributed by atoms with van der Waals surface area (Å²) in [5.74, 6) is 0. The lowest BCUT2D eigenvalue weighted by atomic mass is 10.1. The first-order valence-corrected chi connectivity index (χ1v) is 6.61. The summed E-state index contributed by atoms with van der Waals surface area (Å²) < 4.78 is 5.39. The number of fused-ring (bicyclic) bond motifs is 1. The zero-order chi connectivity index (χ0) is 13.2. The van der Waals surface area contributed by atoms with Gasteiger partial charge in [0.05, 0.1) is 5.60 Å². The molecule has 0 aliphatic carbocycles. The lowest BCUT2D eigenvalue weighted by Gasteiger charge is -2.23. The number of rotatable bonds is 5. The molecule has 0 spiro atoms. The molecule has 1 aromatic rings. The smallest absolute Gasteiger partial charge is 0.0746 e. The summed E-state index contributed by atoms with van der Waals surface area (Å²) in [6.07, 6.45) is 1.17. The maximum Gasteiger partial charge on any atom is 0.0746 e. The standard InChI is InChI=1S/C15H24N2O/c1-15(2,18-4)11-16-10-12-5-6-14-13(9-12)7-8-17(14)3/h5-6,9,16H,7-8,10-11H2,1-4H3. The van der Waals surface area contributed by atoms with Gasteiger partial charge >= 0.3 is 0 Å². The number of anilines is 1. The lowest BCUT2D eigenvalue weighted by Crippen LogP contribution is -2.36. The van der Waals surface area contributed by atoms with Crippen LogP contribution in [-0.2, 0) is 17.7 Å². The van der Waals surface area contributed by atoms with Crippen LogP contribution in [0.3, 0.4) is 0 Å². The molecule has 1 N–H and O–H groups in total. The normalized spacial score (nSPS) is 15.0. The van der Waals surface area contributed by atoms with Crippen LogP contribution in [0, 0.1) is 0 Å². The van der Waals surface area contributed by atoms with Gasteiger partial charge in [0, 0.05) is 39.5 Å². The summed E-state index contributed by atoms with van der Waals surface area (Å²) in [6.45, 7) is 7.10. The van der Waals surface area contributed by atoms with E-state index in [4.69, 9.17) is 4.74 Å². The molecule has 1 aliphatic rings. The molecule has 0 saturated heterocycles. The highest BCUT2D eigenvalue weighted by Gasteiger charge is 2.17. The molecule has 0 saturated carbocycles. The van der Waals surface area contributed by atoms with E-state index >= 15 is 0 Å². The van der Waals surface area contributed by atoms with E-state index in [9.17, 15) is 0 Å². The van der Waals surface area contributed by atoms with Crippen molar-refractivity contribution in [2.24, 2.45) is 0 Å². The van der Waals surface area contributed by atoms with Gasteiger partial charge in [0.2, 0.25) is 0 Å². The van der Waals surface area contributed by atoms with Crippen LogP contribution in [0.5, 0.6) is 0 Å². The zero-order valence-electron chi connectivity index (χ0n) is 11.9. The van der Waals surface area contributed by atoms with Crippen molar-refractivity contribution in [2.75, 3.05) is 32.1 Å². The molecule has 0 bridgehead atoms. The minimum absolute atomic E-state index is 0.100. The second-order valence-electron chi connectivity index (χ2n) is 5.70. The molecule has 1 aromatic carbocycles. The number of hydrogen-bond donors (Lipinski definition) is 1. The SMILES string of the molecule is COC(C)(C)CNCc1ccc2c(c1)CCN2C. The highest BCUT2D eigenvalue weighted by molar-refractivity contribution is 5.58. The van der Waals surface area contributed by atoms with Crippen LogP contribution in [-0.4, -0.2) is 32.8 Å². The third kappa shape index (κ3) is 3.03. The van der Waals surface area contributed by atoms with Crippen LogP contribution in [0.2, 0.25) is 0 Å². The summed E-state index contributed by atoms with van der Waals surface area (Å²) in [7, 11) is 3.91. The Morgan fingerprint density at radius 1 is 1.39 bits per heavy atom. The van der Waals surface area contributed by atoms with Crippen LogP contribution >= 0.6 is 0 Å². The van der Waals surface area contributed by atoms with Crippen molar-refractivity contribution in [3.8, 4) is 0 Å². The highest BCUT2D eigenvalue weighted by Crippen LogP contribution is 2.27. The molecule has 0 radical (unpaired) electrons. The van der Waals surface area contributed by atoms with Gasteiger partial charge in [-0.05, 0) is 37.5 Å². The van der Waals surface area contributed by atoms with Crippen LogP contribution in [0.15, 0.2) is 18.2 Å². The van der Waals surface area contributed by atoms with Crippen LogP contribution in [0.1, 0.15) is 25.0 Å². The number of hydrogen-bond acceptors (Lipinski definition) is 3. The monoisotopic (exact) mass is 248 g/mol. The molecule has 18 heavy (non-hydrogen) atoms. The van der Waals surface area contributed by atoms with E-state index in [1.807, 2.05) is 0 Å². The van der Waals surface area contributed by atoms with Crippen LogP contribution < -0.4 is 10.2 Å². The van der Waals surface area contributed by atoms with E-state index < -0.39 is 0 Å². The van der Waals surface area contributed by atoms with Gasteiger partial charge in [0.1, 0.15) is 0 Å². The van der Waals surface area contributed by atoms with Gasteiger partial charge in [0.15, 0.2) is 0 Å². The first-order valence-electron chi connectivity index (χ1n) is 6.61. The largest absolute Gasteiger partial charge is 0.377 e. The number of likely N-dealkylation sites (N-methyl/N-ethyl adjacent to an activating group) is 1. The predicted octanol–water partition coefficient (Wildman–Crippen LogP) is 2.19. The zero-order valence-corrected chi connectivity index (χ0v) is 11.9. The number of ether oxygens (including phenoxy) is 1. The summed E-state index contributed by atoms with van der Waals surface area (Å²) >= 11 is 0. The van der Waals surface area contributed by atoms with E-state index in [0.717, 1.165) is 19.6 Å². The van der Waals surface area contributed by atoms with E-state index in [1.54, 1.807) is 7.11 Å². The van der Waals surface area contributed by atoms with Gasteiger partial charge < -0.3 is 15.0 Å². The second kappa shape index (κ2) is 5.29. The lowest BCUT2D eigenvalue weighted by molar-refractivity contribution is 0.0230. The Bertz CT molecular complexity index is 415. The fourth-order valence-corrected chi connectivity index (χ4v) is 2.31. The minimum atomic E-state index is -0.100. The molecule has 1 aliphatic heterocycles. The Balaban J connectivity index is 1.92. The molecule has 3 heteroatoms. The fraction of sp³-hybridized carbons (Fsp3) is 0.600. The molecule has 0 atom stereocenters. The first kappa shape index (κ1) is 13.4. The molecule has 100 valence electrons. The average molecular weight is 248 g/mol. The Labute approximate surface area is 110 Å². The van der Waals surface area contributed by atoms with Gasteiger partial charge in [-0.15, -0.1) is 0 Å². The van der Waals surface area contributed by atoms with E-state index in [-0.39, 0.29) is 5.60 Å². The molecule has 0 aromatic heterocycles. The molecule has 3 nitrogen and oxygen atoms in total. The van der Waals surface area contributed by atoms with Crippen molar-refractivity contribution in [2.45, 2.75) is 32.4 Å². The van der Waals surface area contributed by atoms with E-state index in [0.29, 0.717) is 0 Å². The molecule has 1 heterocycles. The maximum atomic E-state index is 5.39. The summed E-state index contributed by atoms with van der Waals surface area (Å²) in [5.41, 5.74) is 4.12. The first-order chi connectivity index (χ1) is 8.52. The van der Waals surface area contributed by atoms with Gasteiger partial charge in [-0.25, -0.2) is 0 Å².